The van der Waals surface area contributed by atoms with Crippen LogP contribution in [0.3, 0.4) is 0 Å². The summed E-state index contributed by atoms with van der Waals surface area (Å²) in [6, 6.07) is 17.6. The van der Waals surface area contributed by atoms with E-state index in [0.29, 0.717) is 10.8 Å². The van der Waals surface area contributed by atoms with Crippen molar-refractivity contribution in [2.45, 2.75) is 5.75 Å². The lowest BCUT2D eigenvalue weighted by Gasteiger charge is -2.09. The fourth-order valence-electron chi connectivity index (χ4n) is 2.05. The minimum Gasteiger partial charge on any atom is -0.278 e. The van der Waals surface area contributed by atoms with E-state index < -0.39 is 0 Å². The maximum absolute atomic E-state index is 5.93. The zero-order valence-electron chi connectivity index (χ0n) is 10.6. The third-order valence-corrected chi connectivity index (χ3v) is 3.52. The number of hydrogen-bond acceptors (Lipinski definition) is 3. The molecule has 5 heteroatoms. The molecule has 3 aromatic rings. The average Bonchev–Trinajstić information content (AvgIpc) is 2.93. The molecule has 1 aromatic heterocycles. The molecule has 1 heterocycles. The molecule has 0 aliphatic rings. The Morgan fingerprint density at radius 1 is 0.950 bits per heavy atom. The number of rotatable bonds is 3. The summed E-state index contributed by atoms with van der Waals surface area (Å²) in [5.74, 6) is 2.12. The highest BCUT2D eigenvalue weighted by atomic mass is 35.5. The van der Waals surface area contributed by atoms with Gasteiger partial charge < -0.3 is 0 Å². The van der Waals surface area contributed by atoms with E-state index in [9.17, 15) is 0 Å². The van der Waals surface area contributed by atoms with Crippen LogP contribution in [0.4, 0.5) is 0 Å². The van der Waals surface area contributed by atoms with Crippen LogP contribution in [-0.2, 0) is 5.75 Å². The van der Waals surface area contributed by atoms with Crippen molar-refractivity contribution in [3.63, 3.8) is 0 Å². The molecule has 20 heavy (non-hydrogen) atoms. The molecule has 0 bridgehead atoms. The minimum atomic E-state index is 0.523. The topological polar surface area (TPSA) is 30.7 Å². The Morgan fingerprint density at radius 3 is 2.30 bits per heavy atom. The molecule has 2 aromatic carbocycles. The first-order valence-electron chi connectivity index (χ1n) is 6.16. The van der Waals surface area contributed by atoms with E-state index in [1.807, 2.05) is 59.2 Å². The molecule has 0 amide bonds. The van der Waals surface area contributed by atoms with E-state index in [1.165, 1.54) is 0 Å². The molecule has 0 atom stereocenters. The molecule has 0 radical (unpaired) electrons. The minimum absolute atomic E-state index is 0.523. The summed E-state index contributed by atoms with van der Waals surface area (Å²) >= 11 is 10.3. The highest BCUT2D eigenvalue weighted by molar-refractivity contribution is 7.79. The Bertz CT molecular complexity index is 708. The highest BCUT2D eigenvalue weighted by Crippen LogP contribution is 2.24. The quantitative estimate of drug-likeness (QED) is 0.741. The number of aromatic nitrogens is 3. The van der Waals surface area contributed by atoms with Crippen LogP contribution in [0.2, 0.25) is 5.02 Å². The molecular weight excluding hydrogens is 290 g/mol. The van der Waals surface area contributed by atoms with Crippen LogP contribution in [0.25, 0.3) is 17.1 Å². The molecular formula is C15H12ClN3S. The van der Waals surface area contributed by atoms with Gasteiger partial charge in [-0.3, -0.25) is 4.57 Å². The lowest BCUT2D eigenvalue weighted by atomic mass is 10.2. The van der Waals surface area contributed by atoms with Gasteiger partial charge in [0.1, 0.15) is 5.82 Å². The molecule has 0 N–H and O–H groups in total. The summed E-state index contributed by atoms with van der Waals surface area (Å²) in [6.45, 7) is 0. The van der Waals surface area contributed by atoms with Gasteiger partial charge in [0.05, 0.1) is 5.75 Å². The highest BCUT2D eigenvalue weighted by Gasteiger charge is 2.14. The number of hydrogen-bond donors (Lipinski definition) is 1. The van der Waals surface area contributed by atoms with Gasteiger partial charge in [-0.15, -0.1) is 10.2 Å². The average molecular weight is 302 g/mol. The van der Waals surface area contributed by atoms with E-state index in [-0.39, 0.29) is 0 Å². The van der Waals surface area contributed by atoms with E-state index in [2.05, 4.69) is 22.8 Å². The summed E-state index contributed by atoms with van der Waals surface area (Å²) in [7, 11) is 0. The standard InChI is InChI=1S/C15H12ClN3S/c16-12-8-6-11(7-9-12)15-18-17-14(10-20)19(15)13-4-2-1-3-5-13/h1-9,20H,10H2. The fourth-order valence-corrected chi connectivity index (χ4v) is 2.38. The van der Waals surface area contributed by atoms with Crippen molar-refractivity contribution in [3.8, 4) is 17.1 Å². The molecule has 0 aliphatic heterocycles. The zero-order valence-corrected chi connectivity index (χ0v) is 12.2. The van der Waals surface area contributed by atoms with Crippen LogP contribution in [0.1, 0.15) is 5.82 Å². The maximum atomic E-state index is 5.93. The Hall–Kier alpha value is -1.78. The summed E-state index contributed by atoms with van der Waals surface area (Å²) in [5, 5.41) is 9.20. The van der Waals surface area contributed by atoms with E-state index >= 15 is 0 Å². The van der Waals surface area contributed by atoms with Crippen molar-refractivity contribution in [1.29, 1.82) is 0 Å². The molecule has 0 spiro atoms. The van der Waals surface area contributed by atoms with Crippen molar-refractivity contribution >= 4 is 24.2 Å². The van der Waals surface area contributed by atoms with Crippen LogP contribution < -0.4 is 0 Å². The number of para-hydroxylation sites is 1. The molecule has 0 unspecified atom stereocenters. The fraction of sp³-hybridized carbons (Fsp3) is 0.0667. The van der Waals surface area contributed by atoms with Crippen molar-refractivity contribution in [2.24, 2.45) is 0 Å². The summed E-state index contributed by atoms with van der Waals surface area (Å²) in [4.78, 5) is 0. The van der Waals surface area contributed by atoms with Gasteiger partial charge >= 0.3 is 0 Å². The Morgan fingerprint density at radius 2 is 1.65 bits per heavy atom. The van der Waals surface area contributed by atoms with Crippen molar-refractivity contribution in [1.82, 2.24) is 14.8 Å². The van der Waals surface area contributed by atoms with Crippen LogP contribution in [0.5, 0.6) is 0 Å². The first kappa shape index (κ1) is 13.2. The molecule has 100 valence electrons. The predicted octanol–water partition coefficient (Wildman–Crippen LogP) is 4.02. The summed E-state index contributed by atoms with van der Waals surface area (Å²) < 4.78 is 2.01. The third kappa shape index (κ3) is 2.44. The molecule has 0 fully saturated rings. The molecule has 3 nitrogen and oxygen atoms in total. The smallest absolute Gasteiger partial charge is 0.168 e. The third-order valence-electron chi connectivity index (χ3n) is 2.99. The Balaban J connectivity index is 2.17. The van der Waals surface area contributed by atoms with E-state index in [0.717, 1.165) is 22.9 Å². The van der Waals surface area contributed by atoms with Gasteiger partial charge in [0.15, 0.2) is 5.82 Å². The second kappa shape index (κ2) is 5.69. The van der Waals surface area contributed by atoms with Gasteiger partial charge in [-0.1, -0.05) is 29.8 Å². The van der Waals surface area contributed by atoms with Gasteiger partial charge in [-0.05, 0) is 36.4 Å². The number of thiol groups is 1. The monoisotopic (exact) mass is 301 g/mol. The zero-order chi connectivity index (χ0) is 13.9. The first-order chi connectivity index (χ1) is 9.79. The van der Waals surface area contributed by atoms with Crippen molar-refractivity contribution < 1.29 is 0 Å². The van der Waals surface area contributed by atoms with Gasteiger partial charge in [0.2, 0.25) is 0 Å². The van der Waals surface area contributed by atoms with Crippen molar-refractivity contribution in [3.05, 3.63) is 65.4 Å². The van der Waals surface area contributed by atoms with Gasteiger partial charge in [0, 0.05) is 16.3 Å². The SMILES string of the molecule is SCc1nnc(-c2ccc(Cl)cc2)n1-c1ccccc1. The lowest BCUT2D eigenvalue weighted by molar-refractivity contribution is 0.959. The second-order valence-electron chi connectivity index (χ2n) is 4.28. The first-order valence-corrected chi connectivity index (χ1v) is 7.17. The lowest BCUT2D eigenvalue weighted by Crippen LogP contribution is -2.01. The van der Waals surface area contributed by atoms with Crippen LogP contribution in [-0.4, -0.2) is 14.8 Å². The van der Waals surface area contributed by atoms with E-state index in [1.54, 1.807) is 0 Å². The van der Waals surface area contributed by atoms with Gasteiger partial charge in [0.25, 0.3) is 0 Å². The van der Waals surface area contributed by atoms with Crippen LogP contribution in [0, 0.1) is 0 Å². The van der Waals surface area contributed by atoms with Gasteiger partial charge in [-0.2, -0.15) is 12.6 Å². The van der Waals surface area contributed by atoms with Crippen molar-refractivity contribution in [2.75, 3.05) is 0 Å². The summed E-state index contributed by atoms with van der Waals surface area (Å²) in [6.07, 6.45) is 0. The Kier molecular flexibility index (Phi) is 3.76. The maximum Gasteiger partial charge on any atom is 0.168 e. The second-order valence-corrected chi connectivity index (χ2v) is 5.03. The van der Waals surface area contributed by atoms with E-state index in [4.69, 9.17) is 11.6 Å². The van der Waals surface area contributed by atoms with Crippen LogP contribution in [0.15, 0.2) is 54.6 Å². The molecule has 0 saturated heterocycles. The molecule has 0 aliphatic carbocycles. The normalized spacial score (nSPS) is 10.7. The molecule has 0 saturated carbocycles. The van der Waals surface area contributed by atoms with Crippen LogP contribution >= 0.6 is 24.2 Å². The predicted molar refractivity (Wildman–Crippen MR) is 84.5 cm³/mol. The Labute approximate surface area is 127 Å². The largest absolute Gasteiger partial charge is 0.278 e. The number of halogens is 1. The van der Waals surface area contributed by atoms with Gasteiger partial charge in [-0.25, -0.2) is 0 Å². The number of nitrogens with zero attached hydrogens (tertiary/aromatic N) is 3. The molecule has 3 rings (SSSR count). The number of benzene rings is 2. The summed E-state index contributed by atoms with van der Waals surface area (Å²) in [5.41, 5.74) is 1.99.